The molecule has 0 aliphatic carbocycles. The van der Waals surface area contributed by atoms with Crippen LogP contribution in [-0.2, 0) is 4.57 Å². The van der Waals surface area contributed by atoms with Crippen molar-refractivity contribution in [3.8, 4) is 0 Å². The van der Waals surface area contributed by atoms with Gasteiger partial charge in [0.15, 0.2) is 0 Å². The molecule has 0 saturated carbocycles. The molecule has 48 valence electrons. The smallest absolute Gasteiger partial charge is 0.277 e. The van der Waals surface area contributed by atoms with Crippen molar-refractivity contribution >= 4 is 28.3 Å². The zero-order chi connectivity index (χ0) is 6.78. The van der Waals surface area contributed by atoms with Gasteiger partial charge in [0.2, 0.25) is 0 Å². The molecular formula is C4H7Cl2OP. The third kappa shape index (κ3) is 2.76. The molecule has 0 spiro atoms. The second kappa shape index (κ2) is 2.91. The van der Waals surface area contributed by atoms with Crippen LogP contribution < -0.4 is 0 Å². The standard InChI is InChI=1S/C4H7Cl2OP/c1-3-4(2)8(5,6)7/h3H,1-2H3. The Morgan fingerprint density at radius 3 is 2.00 bits per heavy atom. The Hall–Kier alpha value is 0.550. The van der Waals surface area contributed by atoms with Crippen molar-refractivity contribution in [3.63, 3.8) is 0 Å². The molecule has 1 nitrogen and oxygen atoms in total. The largest absolute Gasteiger partial charge is 0.284 e. The van der Waals surface area contributed by atoms with Crippen LogP contribution >= 0.6 is 28.3 Å². The highest BCUT2D eigenvalue weighted by Gasteiger charge is 2.14. The van der Waals surface area contributed by atoms with Gasteiger partial charge >= 0.3 is 0 Å². The minimum Gasteiger partial charge on any atom is -0.284 e. The first kappa shape index (κ1) is 8.55. The lowest BCUT2D eigenvalue weighted by Gasteiger charge is -1.97. The highest BCUT2D eigenvalue weighted by Crippen LogP contribution is 2.63. The molecule has 0 aromatic rings. The fourth-order valence-corrected chi connectivity index (χ4v) is 1.04. The van der Waals surface area contributed by atoms with E-state index in [1.54, 1.807) is 19.9 Å². The van der Waals surface area contributed by atoms with Crippen LogP contribution in [0, 0.1) is 0 Å². The van der Waals surface area contributed by atoms with Gasteiger partial charge in [-0.05, 0) is 36.3 Å². The fraction of sp³-hybridized carbons (Fsp3) is 0.500. The van der Waals surface area contributed by atoms with E-state index < -0.39 is 5.85 Å². The van der Waals surface area contributed by atoms with Gasteiger partial charge in [-0.3, -0.25) is 4.57 Å². The van der Waals surface area contributed by atoms with Crippen LogP contribution in [0.4, 0.5) is 0 Å². The molecule has 0 radical (unpaired) electrons. The Balaban J connectivity index is 4.27. The molecule has 0 aromatic carbocycles. The molecule has 0 rings (SSSR count). The van der Waals surface area contributed by atoms with Gasteiger partial charge in [-0.1, -0.05) is 6.08 Å². The van der Waals surface area contributed by atoms with Gasteiger partial charge in [-0.25, -0.2) is 0 Å². The van der Waals surface area contributed by atoms with Crippen molar-refractivity contribution in [2.75, 3.05) is 0 Å². The lowest BCUT2D eigenvalue weighted by molar-refractivity contribution is 0.596. The summed E-state index contributed by atoms with van der Waals surface area (Å²) in [6.45, 7) is 3.38. The van der Waals surface area contributed by atoms with Crippen LogP contribution in [0.5, 0.6) is 0 Å². The van der Waals surface area contributed by atoms with Crippen LogP contribution in [0.2, 0.25) is 0 Å². The quantitative estimate of drug-likeness (QED) is 0.553. The van der Waals surface area contributed by atoms with Gasteiger partial charge in [-0.15, -0.1) is 0 Å². The van der Waals surface area contributed by atoms with Gasteiger partial charge < -0.3 is 0 Å². The van der Waals surface area contributed by atoms with Crippen LogP contribution in [0.1, 0.15) is 13.8 Å². The number of hydrogen-bond donors (Lipinski definition) is 0. The average molecular weight is 173 g/mol. The molecule has 0 fully saturated rings. The van der Waals surface area contributed by atoms with Crippen molar-refractivity contribution in [1.82, 2.24) is 0 Å². The monoisotopic (exact) mass is 172 g/mol. The Labute approximate surface area is 58.6 Å². The summed E-state index contributed by atoms with van der Waals surface area (Å²) in [7, 11) is 0. The van der Waals surface area contributed by atoms with Crippen molar-refractivity contribution < 1.29 is 4.57 Å². The molecule has 0 aliphatic heterocycles. The van der Waals surface area contributed by atoms with E-state index in [0.29, 0.717) is 5.31 Å². The summed E-state index contributed by atoms with van der Waals surface area (Å²) in [5, 5.41) is 0.542. The number of hydrogen-bond acceptors (Lipinski definition) is 1. The molecule has 0 atom stereocenters. The molecule has 8 heavy (non-hydrogen) atoms. The predicted octanol–water partition coefficient (Wildman–Crippen LogP) is 3.58. The van der Waals surface area contributed by atoms with Gasteiger partial charge in [0, 0.05) is 5.31 Å². The molecule has 0 unspecified atom stereocenters. The zero-order valence-electron chi connectivity index (χ0n) is 4.69. The van der Waals surface area contributed by atoms with Gasteiger partial charge in [0.25, 0.3) is 5.85 Å². The molecule has 0 amide bonds. The third-order valence-corrected chi connectivity index (χ3v) is 3.51. The van der Waals surface area contributed by atoms with Crippen LogP contribution in [0.25, 0.3) is 0 Å². The second-order valence-electron chi connectivity index (χ2n) is 1.39. The molecule has 0 aromatic heterocycles. The van der Waals surface area contributed by atoms with Crippen molar-refractivity contribution in [2.24, 2.45) is 0 Å². The van der Waals surface area contributed by atoms with E-state index in [4.69, 9.17) is 22.5 Å². The minimum atomic E-state index is -2.95. The van der Waals surface area contributed by atoms with Crippen molar-refractivity contribution in [2.45, 2.75) is 13.8 Å². The van der Waals surface area contributed by atoms with Crippen LogP contribution in [0.15, 0.2) is 11.4 Å². The van der Waals surface area contributed by atoms with E-state index in [-0.39, 0.29) is 0 Å². The maximum atomic E-state index is 10.6. The molecule has 0 aliphatic rings. The van der Waals surface area contributed by atoms with Gasteiger partial charge in [0.1, 0.15) is 0 Å². The van der Waals surface area contributed by atoms with E-state index in [9.17, 15) is 4.57 Å². The Bertz CT molecular complexity index is 146. The summed E-state index contributed by atoms with van der Waals surface area (Å²) >= 11 is 10.5. The Kier molecular flexibility index (Phi) is 3.11. The SMILES string of the molecule is CC=C(C)P(=O)(Cl)Cl. The first-order valence-corrected chi connectivity index (χ1v) is 5.63. The highest BCUT2D eigenvalue weighted by atomic mass is 35.9. The topological polar surface area (TPSA) is 17.1 Å². The molecule has 0 bridgehead atoms. The van der Waals surface area contributed by atoms with E-state index in [0.717, 1.165) is 0 Å². The Morgan fingerprint density at radius 1 is 1.62 bits per heavy atom. The van der Waals surface area contributed by atoms with Crippen molar-refractivity contribution in [1.29, 1.82) is 0 Å². The number of halogens is 2. The summed E-state index contributed by atoms with van der Waals surface area (Å²) in [6.07, 6.45) is 1.64. The lowest BCUT2D eigenvalue weighted by atomic mass is 10.6. The number of allylic oxidation sites excluding steroid dienone is 2. The van der Waals surface area contributed by atoms with Gasteiger partial charge in [0.05, 0.1) is 0 Å². The molecule has 0 saturated heterocycles. The zero-order valence-corrected chi connectivity index (χ0v) is 7.10. The summed E-state index contributed by atoms with van der Waals surface area (Å²) in [5.74, 6) is -2.95. The van der Waals surface area contributed by atoms with E-state index in [1.807, 2.05) is 0 Å². The maximum Gasteiger partial charge on any atom is 0.277 e. The highest BCUT2D eigenvalue weighted by molar-refractivity contribution is 8.11. The van der Waals surface area contributed by atoms with E-state index in [2.05, 4.69) is 0 Å². The van der Waals surface area contributed by atoms with Crippen LogP contribution in [0.3, 0.4) is 0 Å². The van der Waals surface area contributed by atoms with Crippen LogP contribution in [-0.4, -0.2) is 0 Å². The van der Waals surface area contributed by atoms with E-state index in [1.165, 1.54) is 0 Å². The van der Waals surface area contributed by atoms with Crippen molar-refractivity contribution in [3.05, 3.63) is 11.4 Å². The third-order valence-electron chi connectivity index (χ3n) is 0.828. The second-order valence-corrected chi connectivity index (χ2v) is 6.40. The lowest BCUT2D eigenvalue weighted by Crippen LogP contribution is -1.61. The summed E-state index contributed by atoms with van der Waals surface area (Å²) in [6, 6.07) is 0. The minimum absolute atomic E-state index is 0.542. The maximum absolute atomic E-state index is 10.6. The molecular weight excluding hydrogens is 166 g/mol. The first-order valence-electron chi connectivity index (χ1n) is 2.11. The molecule has 0 N–H and O–H groups in total. The fourth-order valence-electron chi connectivity index (χ4n) is 0.150. The summed E-state index contributed by atoms with van der Waals surface area (Å²) in [5.41, 5.74) is 0. The van der Waals surface area contributed by atoms with E-state index >= 15 is 0 Å². The number of rotatable bonds is 1. The summed E-state index contributed by atoms with van der Waals surface area (Å²) in [4.78, 5) is 0. The first-order chi connectivity index (χ1) is 3.48. The molecule has 4 heteroatoms. The Morgan fingerprint density at radius 2 is 2.00 bits per heavy atom. The predicted molar refractivity (Wildman–Crippen MR) is 38.7 cm³/mol. The van der Waals surface area contributed by atoms with Gasteiger partial charge in [-0.2, -0.15) is 0 Å². The normalized spacial score (nSPS) is 14.2. The molecule has 0 heterocycles. The average Bonchev–Trinajstić information content (AvgIpc) is 1.62. The summed E-state index contributed by atoms with van der Waals surface area (Å²) < 4.78 is 10.6.